The lowest BCUT2D eigenvalue weighted by Crippen LogP contribution is -2.21. The minimum atomic E-state index is -1.09. The van der Waals surface area contributed by atoms with E-state index in [1.807, 2.05) is 0 Å². The molecule has 2 N–H and O–H groups in total. The van der Waals surface area contributed by atoms with E-state index in [1.165, 1.54) is 20.3 Å². The van der Waals surface area contributed by atoms with Gasteiger partial charge < -0.3 is 20.1 Å². The molecule has 2 aromatic rings. The molecule has 0 fully saturated rings. The lowest BCUT2D eigenvalue weighted by Gasteiger charge is -2.10. The van der Waals surface area contributed by atoms with Gasteiger partial charge in [-0.1, -0.05) is 0 Å². The predicted molar refractivity (Wildman–Crippen MR) is 87.8 cm³/mol. The van der Waals surface area contributed by atoms with Crippen LogP contribution in [0.15, 0.2) is 36.4 Å². The number of anilines is 2. The summed E-state index contributed by atoms with van der Waals surface area (Å²) in [5.41, 5.74) is 0.478. The maximum absolute atomic E-state index is 13.1. The van der Waals surface area contributed by atoms with Crippen LogP contribution in [-0.2, 0) is 9.59 Å². The normalized spacial score (nSPS) is 10.1. The number of methoxy groups -OCH3 is 2. The molecule has 25 heavy (non-hydrogen) atoms. The third-order valence-electron chi connectivity index (χ3n) is 3.19. The summed E-state index contributed by atoms with van der Waals surface area (Å²) in [4.78, 5) is 23.7. The molecule has 0 spiro atoms. The standard InChI is InChI=1S/C17H16F2N2O4/c1-24-14-6-4-11(8-15(14)25-2)21-17(23)9-16(22)20-10-3-5-12(18)13(19)7-10/h3-8H,9H2,1-2H3,(H,20,22)(H,21,23). The van der Waals surface area contributed by atoms with Crippen LogP contribution < -0.4 is 20.1 Å². The average Bonchev–Trinajstić information content (AvgIpc) is 2.57. The van der Waals surface area contributed by atoms with Crippen LogP contribution in [0, 0.1) is 11.6 Å². The van der Waals surface area contributed by atoms with Gasteiger partial charge in [-0.05, 0) is 24.3 Å². The zero-order chi connectivity index (χ0) is 18.4. The highest BCUT2D eigenvalue weighted by molar-refractivity contribution is 6.08. The van der Waals surface area contributed by atoms with E-state index in [9.17, 15) is 18.4 Å². The number of hydrogen-bond donors (Lipinski definition) is 2. The minimum absolute atomic E-state index is 0.0582. The Morgan fingerprint density at radius 2 is 1.40 bits per heavy atom. The smallest absolute Gasteiger partial charge is 0.233 e. The molecule has 0 heterocycles. The molecular formula is C17H16F2N2O4. The summed E-state index contributed by atoms with van der Waals surface area (Å²) >= 11 is 0. The molecule has 0 bridgehead atoms. The van der Waals surface area contributed by atoms with E-state index >= 15 is 0 Å². The maximum atomic E-state index is 13.1. The largest absolute Gasteiger partial charge is 0.493 e. The first-order valence-electron chi connectivity index (χ1n) is 7.19. The second-order valence-electron chi connectivity index (χ2n) is 4.97. The van der Waals surface area contributed by atoms with Crippen molar-refractivity contribution in [3.05, 3.63) is 48.0 Å². The van der Waals surface area contributed by atoms with Crippen molar-refractivity contribution in [3.63, 3.8) is 0 Å². The van der Waals surface area contributed by atoms with Crippen LogP contribution in [0.4, 0.5) is 20.2 Å². The zero-order valence-corrected chi connectivity index (χ0v) is 13.6. The van der Waals surface area contributed by atoms with Crippen molar-refractivity contribution in [1.29, 1.82) is 0 Å². The van der Waals surface area contributed by atoms with Crippen molar-refractivity contribution in [2.24, 2.45) is 0 Å². The molecular weight excluding hydrogens is 334 g/mol. The van der Waals surface area contributed by atoms with E-state index in [0.717, 1.165) is 12.1 Å². The Labute approximate surface area is 142 Å². The van der Waals surface area contributed by atoms with Gasteiger partial charge in [0.2, 0.25) is 11.8 Å². The van der Waals surface area contributed by atoms with Gasteiger partial charge >= 0.3 is 0 Å². The molecule has 0 aliphatic carbocycles. The molecule has 0 atom stereocenters. The average molecular weight is 350 g/mol. The predicted octanol–water partition coefficient (Wildman–Crippen LogP) is 2.95. The third-order valence-corrected chi connectivity index (χ3v) is 3.19. The Hall–Kier alpha value is -3.16. The molecule has 2 aromatic carbocycles. The van der Waals surface area contributed by atoms with E-state index in [1.54, 1.807) is 18.2 Å². The van der Waals surface area contributed by atoms with Crippen LogP contribution in [0.1, 0.15) is 6.42 Å². The number of nitrogens with one attached hydrogen (secondary N) is 2. The van der Waals surface area contributed by atoms with Gasteiger partial charge in [-0.2, -0.15) is 0 Å². The van der Waals surface area contributed by atoms with Crippen molar-refractivity contribution in [2.45, 2.75) is 6.42 Å². The summed E-state index contributed by atoms with van der Waals surface area (Å²) in [7, 11) is 2.94. The molecule has 6 nitrogen and oxygen atoms in total. The van der Waals surface area contributed by atoms with Gasteiger partial charge in [0.15, 0.2) is 23.1 Å². The molecule has 0 radical (unpaired) electrons. The van der Waals surface area contributed by atoms with E-state index < -0.39 is 29.9 Å². The van der Waals surface area contributed by atoms with Crippen molar-refractivity contribution in [1.82, 2.24) is 0 Å². The van der Waals surface area contributed by atoms with E-state index in [0.29, 0.717) is 17.2 Å². The van der Waals surface area contributed by atoms with Gasteiger partial charge in [0.1, 0.15) is 6.42 Å². The summed E-state index contributed by atoms with van der Waals surface area (Å²) in [6.07, 6.45) is -0.493. The molecule has 2 rings (SSSR count). The maximum Gasteiger partial charge on any atom is 0.233 e. The molecule has 0 saturated heterocycles. The molecule has 0 unspecified atom stereocenters. The molecule has 8 heteroatoms. The fourth-order valence-electron chi connectivity index (χ4n) is 2.04. The highest BCUT2D eigenvalue weighted by Crippen LogP contribution is 2.29. The van der Waals surface area contributed by atoms with Gasteiger partial charge in [-0.3, -0.25) is 9.59 Å². The lowest BCUT2D eigenvalue weighted by molar-refractivity contribution is -0.123. The third kappa shape index (κ3) is 4.90. The van der Waals surface area contributed by atoms with E-state index in [-0.39, 0.29) is 5.69 Å². The highest BCUT2D eigenvalue weighted by atomic mass is 19.2. The SMILES string of the molecule is COc1ccc(NC(=O)CC(=O)Nc2ccc(F)c(F)c2)cc1OC. The van der Waals surface area contributed by atoms with Gasteiger partial charge in [0.05, 0.1) is 14.2 Å². The number of amides is 2. The summed E-state index contributed by atoms with van der Waals surface area (Å²) in [5, 5.41) is 4.85. The van der Waals surface area contributed by atoms with E-state index in [4.69, 9.17) is 9.47 Å². The Morgan fingerprint density at radius 3 is 1.96 bits per heavy atom. The Kier molecular flexibility index (Phi) is 5.89. The molecule has 132 valence electrons. The van der Waals surface area contributed by atoms with E-state index in [2.05, 4.69) is 10.6 Å². The molecule has 0 saturated carbocycles. The quantitative estimate of drug-likeness (QED) is 0.786. The first-order valence-corrected chi connectivity index (χ1v) is 7.19. The highest BCUT2D eigenvalue weighted by Gasteiger charge is 2.12. The van der Waals surface area contributed by atoms with Crippen LogP contribution in [-0.4, -0.2) is 26.0 Å². The van der Waals surface area contributed by atoms with Crippen LogP contribution in [0.2, 0.25) is 0 Å². The fourth-order valence-corrected chi connectivity index (χ4v) is 2.04. The zero-order valence-electron chi connectivity index (χ0n) is 13.6. The number of carbonyl (C=O) groups is 2. The lowest BCUT2D eigenvalue weighted by atomic mass is 10.2. The second kappa shape index (κ2) is 8.09. The van der Waals surface area contributed by atoms with Crippen LogP contribution in [0.5, 0.6) is 11.5 Å². The van der Waals surface area contributed by atoms with Crippen molar-refractivity contribution in [3.8, 4) is 11.5 Å². The fraction of sp³-hybridized carbons (Fsp3) is 0.176. The Balaban J connectivity index is 1.95. The van der Waals surface area contributed by atoms with Gasteiger partial charge in [-0.25, -0.2) is 8.78 Å². The number of carbonyl (C=O) groups excluding carboxylic acids is 2. The van der Waals surface area contributed by atoms with Crippen LogP contribution in [0.3, 0.4) is 0 Å². The second-order valence-corrected chi connectivity index (χ2v) is 4.97. The topological polar surface area (TPSA) is 76.7 Å². The molecule has 0 aromatic heterocycles. The van der Waals surface area contributed by atoms with Crippen molar-refractivity contribution in [2.75, 3.05) is 24.9 Å². The Morgan fingerprint density at radius 1 is 0.840 bits per heavy atom. The summed E-state index contributed by atoms with van der Waals surface area (Å²) in [6.45, 7) is 0. The van der Waals surface area contributed by atoms with Crippen molar-refractivity contribution < 1.29 is 27.8 Å². The van der Waals surface area contributed by atoms with Crippen molar-refractivity contribution >= 4 is 23.2 Å². The van der Waals surface area contributed by atoms with Gasteiger partial charge in [0.25, 0.3) is 0 Å². The summed E-state index contributed by atoms with van der Waals surface area (Å²) in [5.74, 6) is -2.43. The summed E-state index contributed by atoms with van der Waals surface area (Å²) < 4.78 is 36.1. The first-order chi connectivity index (χ1) is 11.9. The molecule has 0 aliphatic heterocycles. The van der Waals surface area contributed by atoms with Gasteiger partial charge in [-0.15, -0.1) is 0 Å². The first kappa shape index (κ1) is 18.2. The summed E-state index contributed by atoms with van der Waals surface area (Å²) in [6, 6.07) is 7.66. The number of halogens is 2. The molecule has 0 aliphatic rings. The van der Waals surface area contributed by atoms with Gasteiger partial charge in [0, 0.05) is 23.5 Å². The number of benzene rings is 2. The monoisotopic (exact) mass is 350 g/mol. The van der Waals surface area contributed by atoms with Crippen LogP contribution >= 0.6 is 0 Å². The number of hydrogen-bond acceptors (Lipinski definition) is 4. The number of ether oxygens (including phenoxy) is 2. The minimum Gasteiger partial charge on any atom is -0.493 e. The van der Waals surface area contributed by atoms with Crippen LogP contribution in [0.25, 0.3) is 0 Å². The number of rotatable bonds is 6. The molecule has 2 amide bonds. The Bertz CT molecular complexity index is 796.